The summed E-state index contributed by atoms with van der Waals surface area (Å²) in [5, 5.41) is 34.0. The molecule has 3 rings (SSSR count). The Bertz CT molecular complexity index is 941. The van der Waals surface area contributed by atoms with Crippen molar-refractivity contribution in [2.75, 3.05) is 18.6 Å². The molecule has 1 unspecified atom stereocenters. The molecule has 0 bridgehead atoms. The van der Waals surface area contributed by atoms with E-state index in [0.29, 0.717) is 10.7 Å². The van der Waals surface area contributed by atoms with Gasteiger partial charge < -0.3 is 26.0 Å². The number of hydrogen-bond acceptors (Lipinski definition) is 11. The third-order valence-electron chi connectivity index (χ3n) is 4.90. The van der Waals surface area contributed by atoms with E-state index in [4.69, 9.17) is 15.6 Å². The van der Waals surface area contributed by atoms with E-state index in [9.17, 15) is 24.3 Å². The van der Waals surface area contributed by atoms with Crippen LogP contribution < -0.4 is 11.1 Å². The first-order chi connectivity index (χ1) is 15.2. The maximum absolute atomic E-state index is 13.0. The van der Waals surface area contributed by atoms with Crippen LogP contribution in [0.15, 0.2) is 16.4 Å². The molecule has 0 spiro atoms. The van der Waals surface area contributed by atoms with Crippen molar-refractivity contribution >= 4 is 47.3 Å². The van der Waals surface area contributed by atoms with E-state index in [1.165, 1.54) is 30.6 Å². The number of hydrogen-bond donors (Lipinski definition) is 5. The van der Waals surface area contributed by atoms with Crippen LogP contribution in [0.5, 0.6) is 0 Å². The van der Waals surface area contributed by atoms with Gasteiger partial charge in [0.15, 0.2) is 0 Å². The largest absolute Gasteiger partial charge is 0.480 e. The lowest BCUT2D eigenvalue weighted by atomic mass is 9.98. The molecule has 0 aromatic carbocycles. The molecule has 14 nitrogen and oxygen atoms in total. The second-order valence-electron chi connectivity index (χ2n) is 6.90. The number of methoxy groups -OCH3 is 1. The van der Waals surface area contributed by atoms with Gasteiger partial charge in [-0.3, -0.25) is 19.3 Å². The molecule has 1 saturated heterocycles. The second-order valence-corrected chi connectivity index (χ2v) is 8.91. The summed E-state index contributed by atoms with van der Waals surface area (Å²) in [6.07, 6.45) is 0.228. The SMILES string of the molecule is CO[C@@]1(NC(=O)CCCC(N)C(=O)O)C(=O)N2C(C(=O)O)=C(CSc3nn[nH]n3)CS[C@@H]21. The molecule has 16 heteroatoms. The quantitative estimate of drug-likeness (QED) is 0.138. The minimum atomic E-state index is -1.70. The predicted octanol–water partition coefficient (Wildman–Crippen LogP) is -1.41. The first kappa shape index (κ1) is 24.0. The number of thioether (sulfide) groups is 2. The number of rotatable bonds is 11. The number of amides is 2. The number of fused-ring (bicyclic) bond motifs is 1. The minimum Gasteiger partial charge on any atom is -0.480 e. The topological polar surface area (TPSA) is 214 Å². The van der Waals surface area contributed by atoms with Crippen LogP contribution in [-0.2, 0) is 23.9 Å². The molecule has 1 aromatic heterocycles. The monoisotopic (exact) mass is 487 g/mol. The third kappa shape index (κ3) is 4.57. The van der Waals surface area contributed by atoms with Crippen molar-refractivity contribution in [3.63, 3.8) is 0 Å². The summed E-state index contributed by atoms with van der Waals surface area (Å²) in [5.74, 6) is -3.14. The highest BCUT2D eigenvalue weighted by Crippen LogP contribution is 2.47. The summed E-state index contributed by atoms with van der Waals surface area (Å²) in [7, 11) is 1.25. The highest BCUT2D eigenvalue weighted by Gasteiger charge is 2.66. The summed E-state index contributed by atoms with van der Waals surface area (Å²) in [5.41, 5.74) is 4.05. The maximum atomic E-state index is 13.0. The number of aliphatic carboxylic acids is 2. The molecule has 2 aliphatic heterocycles. The molecular formula is C16H21N7O7S2. The number of carbonyl (C=O) groups is 4. The van der Waals surface area contributed by atoms with Gasteiger partial charge in [0.05, 0.1) is 0 Å². The Hall–Kier alpha value is -2.69. The number of nitrogens with zero attached hydrogens (tertiary/aromatic N) is 4. The Morgan fingerprint density at radius 1 is 1.47 bits per heavy atom. The Labute approximate surface area is 189 Å². The van der Waals surface area contributed by atoms with Gasteiger partial charge in [-0.05, 0) is 23.6 Å². The van der Waals surface area contributed by atoms with Gasteiger partial charge in [-0.25, -0.2) is 4.79 Å². The number of β-lactam (4-membered cyclic amide) rings is 1. The smallest absolute Gasteiger partial charge is 0.352 e. The van der Waals surface area contributed by atoms with Crippen molar-refractivity contribution in [2.45, 2.75) is 41.6 Å². The number of aromatic nitrogens is 4. The van der Waals surface area contributed by atoms with Crippen LogP contribution in [-0.4, -0.2) is 95.2 Å². The van der Waals surface area contributed by atoms with Crippen molar-refractivity contribution < 1.29 is 34.1 Å². The molecule has 2 aliphatic rings. The van der Waals surface area contributed by atoms with Gasteiger partial charge in [-0.15, -0.1) is 22.0 Å². The van der Waals surface area contributed by atoms with Crippen molar-refractivity contribution in [3.8, 4) is 0 Å². The van der Waals surface area contributed by atoms with Crippen LogP contribution in [0, 0.1) is 0 Å². The summed E-state index contributed by atoms with van der Waals surface area (Å²) in [6.45, 7) is 0. The maximum Gasteiger partial charge on any atom is 0.352 e. The number of aromatic amines is 1. The zero-order chi connectivity index (χ0) is 23.5. The van der Waals surface area contributed by atoms with Crippen molar-refractivity contribution in [1.82, 2.24) is 30.8 Å². The lowest BCUT2D eigenvalue weighted by Crippen LogP contribution is -2.80. The van der Waals surface area contributed by atoms with E-state index in [-0.39, 0.29) is 36.5 Å². The average molecular weight is 488 g/mol. The molecule has 1 aromatic rings. The van der Waals surface area contributed by atoms with Crippen molar-refractivity contribution in [1.29, 1.82) is 0 Å². The summed E-state index contributed by atoms with van der Waals surface area (Å²) < 4.78 is 5.36. The molecule has 1 fully saturated rings. The molecule has 3 atom stereocenters. The van der Waals surface area contributed by atoms with Gasteiger partial charge in [-0.1, -0.05) is 11.8 Å². The number of carboxylic acid groups (broad SMARTS) is 2. The molecule has 0 radical (unpaired) electrons. The van der Waals surface area contributed by atoms with Crippen LogP contribution in [0.4, 0.5) is 0 Å². The van der Waals surface area contributed by atoms with E-state index in [0.717, 1.165) is 4.90 Å². The number of ether oxygens (including phenoxy) is 1. The Morgan fingerprint density at radius 3 is 2.81 bits per heavy atom. The molecule has 32 heavy (non-hydrogen) atoms. The molecule has 3 heterocycles. The van der Waals surface area contributed by atoms with Crippen molar-refractivity contribution in [3.05, 3.63) is 11.3 Å². The first-order valence-electron chi connectivity index (χ1n) is 9.32. The number of nitrogens with one attached hydrogen (secondary N) is 2. The van der Waals surface area contributed by atoms with Crippen LogP contribution in [0.2, 0.25) is 0 Å². The van der Waals surface area contributed by atoms with Gasteiger partial charge in [0, 0.05) is 25.0 Å². The average Bonchev–Trinajstić information content (AvgIpc) is 3.28. The molecule has 0 saturated carbocycles. The van der Waals surface area contributed by atoms with E-state index < -0.39 is 40.9 Å². The molecular weight excluding hydrogens is 466 g/mol. The van der Waals surface area contributed by atoms with Gasteiger partial charge in [-0.2, -0.15) is 5.21 Å². The van der Waals surface area contributed by atoms with E-state index in [1.807, 2.05) is 0 Å². The van der Waals surface area contributed by atoms with Crippen LogP contribution in [0.1, 0.15) is 19.3 Å². The second kappa shape index (κ2) is 9.85. The fraction of sp³-hybridized carbons (Fsp3) is 0.562. The highest BCUT2D eigenvalue weighted by atomic mass is 32.2. The zero-order valence-electron chi connectivity index (χ0n) is 16.8. The number of carboxylic acids is 2. The lowest BCUT2D eigenvalue weighted by molar-refractivity contribution is -0.192. The Kier molecular flexibility index (Phi) is 7.37. The third-order valence-corrected chi connectivity index (χ3v) is 7.19. The first-order valence-corrected chi connectivity index (χ1v) is 11.4. The molecule has 0 aliphatic carbocycles. The van der Waals surface area contributed by atoms with E-state index in [2.05, 4.69) is 25.9 Å². The van der Waals surface area contributed by atoms with Gasteiger partial charge in [0.1, 0.15) is 17.1 Å². The number of tetrazole rings is 1. The van der Waals surface area contributed by atoms with Gasteiger partial charge in [0.25, 0.3) is 11.6 Å². The standard InChI is InChI=1S/C16H21N7O7S2/c1-30-16(18-9(24)4-2-3-8(17)11(25)26)13(29)23-10(12(27)28)7(5-31-14(16)23)6-32-15-19-21-22-20-15/h8,14H,2-6,17H2,1H3,(H,18,24)(H,25,26)(H,27,28)(H,19,20,21,22)/t8?,14-,16+/m1/s1. The summed E-state index contributed by atoms with van der Waals surface area (Å²) >= 11 is 2.43. The lowest BCUT2D eigenvalue weighted by Gasteiger charge is -2.55. The summed E-state index contributed by atoms with van der Waals surface area (Å²) in [6, 6.07) is -1.08. The highest BCUT2D eigenvalue weighted by molar-refractivity contribution is 8.01. The van der Waals surface area contributed by atoms with Crippen LogP contribution in [0.3, 0.4) is 0 Å². The van der Waals surface area contributed by atoms with Gasteiger partial charge >= 0.3 is 11.9 Å². The van der Waals surface area contributed by atoms with E-state index in [1.54, 1.807) is 0 Å². The fourth-order valence-electron chi connectivity index (χ4n) is 3.30. The molecule has 6 N–H and O–H groups in total. The minimum absolute atomic E-state index is 0.0645. The predicted molar refractivity (Wildman–Crippen MR) is 110 cm³/mol. The van der Waals surface area contributed by atoms with Crippen LogP contribution >= 0.6 is 23.5 Å². The van der Waals surface area contributed by atoms with Crippen LogP contribution in [0.25, 0.3) is 0 Å². The van der Waals surface area contributed by atoms with Crippen molar-refractivity contribution in [2.24, 2.45) is 5.73 Å². The van der Waals surface area contributed by atoms with E-state index >= 15 is 0 Å². The summed E-state index contributed by atoms with van der Waals surface area (Å²) in [4.78, 5) is 49.2. The number of H-pyrrole nitrogens is 1. The Balaban J connectivity index is 1.69. The molecule has 2 amide bonds. The van der Waals surface area contributed by atoms with Gasteiger partial charge in [0.2, 0.25) is 11.1 Å². The fourth-order valence-corrected chi connectivity index (χ4v) is 5.61. The normalized spacial score (nSPS) is 23.4. The Morgan fingerprint density at radius 2 is 2.22 bits per heavy atom. The zero-order valence-corrected chi connectivity index (χ0v) is 18.4. The number of carbonyl (C=O) groups excluding carboxylic acids is 2. The molecule has 174 valence electrons. The number of nitrogens with two attached hydrogens (primary N) is 1.